The van der Waals surface area contributed by atoms with Crippen LogP contribution in [0.25, 0.3) is 0 Å². The fourth-order valence-electron chi connectivity index (χ4n) is 1.48. The minimum Gasteiger partial charge on any atom is -0.481 e. The molecule has 0 spiro atoms. The topological polar surface area (TPSA) is 37.3 Å². The molecule has 1 N–H and O–H groups in total. The van der Waals surface area contributed by atoms with E-state index in [0.29, 0.717) is 6.07 Å². The van der Waals surface area contributed by atoms with E-state index in [-0.39, 0.29) is 12.0 Å². The summed E-state index contributed by atoms with van der Waals surface area (Å²) in [6.45, 7) is 1.44. The molecule has 0 fully saturated rings. The van der Waals surface area contributed by atoms with Crippen molar-refractivity contribution in [3.8, 4) is 0 Å². The molecule has 0 radical (unpaired) electrons. The number of hydrogen-bond donors (Lipinski definition) is 1. The van der Waals surface area contributed by atoms with Crippen LogP contribution >= 0.6 is 0 Å². The molecule has 0 amide bonds. The predicted octanol–water partition coefficient (Wildman–Crippen LogP) is 3.42. The average Bonchev–Trinajstić information content (AvgIpc) is 2.14. The predicted molar refractivity (Wildman–Crippen MR) is 52.1 cm³/mol. The van der Waals surface area contributed by atoms with E-state index in [4.69, 9.17) is 5.11 Å². The molecule has 17 heavy (non-hydrogen) atoms. The fraction of sp³-hybridized carbons (Fsp3) is 0.364. The van der Waals surface area contributed by atoms with Gasteiger partial charge in [0, 0.05) is 0 Å². The van der Waals surface area contributed by atoms with Gasteiger partial charge in [-0.15, -0.1) is 0 Å². The maximum absolute atomic E-state index is 13.4. The molecule has 0 saturated carbocycles. The first-order valence-corrected chi connectivity index (χ1v) is 4.80. The maximum atomic E-state index is 13.4. The minimum atomic E-state index is -4.60. The van der Waals surface area contributed by atoms with Gasteiger partial charge in [-0.05, 0) is 23.6 Å². The normalized spacial score (nSPS) is 13.5. The van der Waals surface area contributed by atoms with E-state index in [2.05, 4.69) is 0 Å². The van der Waals surface area contributed by atoms with Gasteiger partial charge in [0.1, 0.15) is 5.82 Å². The van der Waals surface area contributed by atoms with Crippen molar-refractivity contribution in [1.82, 2.24) is 0 Å². The Labute approximate surface area is 94.9 Å². The van der Waals surface area contributed by atoms with Crippen molar-refractivity contribution in [3.05, 3.63) is 35.1 Å². The smallest absolute Gasteiger partial charge is 0.416 e. The molecule has 0 aliphatic rings. The second-order valence-electron chi connectivity index (χ2n) is 3.73. The molecule has 2 nitrogen and oxygen atoms in total. The Balaban J connectivity index is 3.02. The molecule has 0 aliphatic heterocycles. The van der Waals surface area contributed by atoms with Crippen molar-refractivity contribution in [3.63, 3.8) is 0 Å². The summed E-state index contributed by atoms with van der Waals surface area (Å²) in [4.78, 5) is 10.4. The highest BCUT2D eigenvalue weighted by atomic mass is 19.4. The molecule has 1 unspecified atom stereocenters. The first-order valence-electron chi connectivity index (χ1n) is 4.80. The number of carboxylic acids is 1. The molecule has 1 rings (SSSR count). The summed E-state index contributed by atoms with van der Waals surface area (Å²) in [7, 11) is 0. The molecule has 6 heteroatoms. The Hall–Kier alpha value is -1.59. The van der Waals surface area contributed by atoms with Gasteiger partial charge in [0.2, 0.25) is 0 Å². The second-order valence-corrected chi connectivity index (χ2v) is 3.73. The van der Waals surface area contributed by atoms with Crippen LogP contribution in [-0.2, 0) is 11.0 Å². The molecule has 1 aromatic rings. The highest BCUT2D eigenvalue weighted by Crippen LogP contribution is 2.32. The third kappa shape index (κ3) is 3.44. The maximum Gasteiger partial charge on any atom is 0.416 e. The molecule has 0 aromatic heterocycles. The van der Waals surface area contributed by atoms with E-state index in [1.807, 2.05) is 0 Å². The summed E-state index contributed by atoms with van der Waals surface area (Å²) in [5.74, 6) is -2.83. The van der Waals surface area contributed by atoms with Crippen LogP contribution in [-0.4, -0.2) is 11.1 Å². The lowest BCUT2D eigenvalue weighted by molar-refractivity contribution is -0.138. The summed E-state index contributed by atoms with van der Waals surface area (Å²) in [5, 5.41) is 8.52. The summed E-state index contributed by atoms with van der Waals surface area (Å²) in [6, 6.07) is 2.11. The Morgan fingerprint density at radius 3 is 2.41 bits per heavy atom. The quantitative estimate of drug-likeness (QED) is 0.834. The van der Waals surface area contributed by atoms with E-state index in [0.717, 1.165) is 12.1 Å². The summed E-state index contributed by atoms with van der Waals surface area (Å²) in [6.07, 6.45) is -4.93. The molecular formula is C11H10F4O2. The van der Waals surface area contributed by atoms with E-state index in [9.17, 15) is 22.4 Å². The van der Waals surface area contributed by atoms with Crippen LogP contribution in [0, 0.1) is 5.82 Å². The SMILES string of the molecule is CC(CC(=O)O)c1ccc(C(F)(F)F)cc1F. The standard InChI is InChI=1S/C11H10F4O2/c1-6(4-10(16)17)8-3-2-7(5-9(8)12)11(13,14)15/h2-3,5-6H,4H2,1H3,(H,16,17). The zero-order chi connectivity index (χ0) is 13.2. The fourth-order valence-corrected chi connectivity index (χ4v) is 1.48. The lowest BCUT2D eigenvalue weighted by atomic mass is 9.96. The number of rotatable bonds is 3. The van der Waals surface area contributed by atoms with Crippen LogP contribution in [0.4, 0.5) is 17.6 Å². The Bertz CT molecular complexity index is 426. The van der Waals surface area contributed by atoms with Crippen molar-refractivity contribution in [2.24, 2.45) is 0 Å². The summed E-state index contributed by atoms with van der Waals surface area (Å²) < 4.78 is 50.1. The van der Waals surface area contributed by atoms with Crippen LogP contribution in [0.15, 0.2) is 18.2 Å². The van der Waals surface area contributed by atoms with Gasteiger partial charge in [-0.25, -0.2) is 4.39 Å². The summed E-state index contributed by atoms with van der Waals surface area (Å²) in [5.41, 5.74) is -1.11. The van der Waals surface area contributed by atoms with E-state index >= 15 is 0 Å². The molecule has 0 bridgehead atoms. The Kier molecular flexibility index (Phi) is 3.75. The molecule has 1 aromatic carbocycles. The highest BCUT2D eigenvalue weighted by Gasteiger charge is 2.31. The third-order valence-corrected chi connectivity index (χ3v) is 2.34. The summed E-state index contributed by atoms with van der Waals surface area (Å²) >= 11 is 0. The van der Waals surface area contributed by atoms with Crippen LogP contribution in [0.3, 0.4) is 0 Å². The number of hydrogen-bond acceptors (Lipinski definition) is 1. The van der Waals surface area contributed by atoms with Gasteiger partial charge in [0.25, 0.3) is 0 Å². The molecule has 1 atom stereocenters. The van der Waals surface area contributed by atoms with Crippen LogP contribution in [0.1, 0.15) is 30.4 Å². The molecule has 0 saturated heterocycles. The Morgan fingerprint density at radius 2 is 2.00 bits per heavy atom. The zero-order valence-corrected chi connectivity index (χ0v) is 8.88. The lowest BCUT2D eigenvalue weighted by Gasteiger charge is -2.13. The van der Waals surface area contributed by atoms with Crippen LogP contribution in [0.5, 0.6) is 0 Å². The monoisotopic (exact) mass is 250 g/mol. The second kappa shape index (κ2) is 4.73. The van der Waals surface area contributed by atoms with Crippen molar-refractivity contribution in [2.45, 2.75) is 25.4 Å². The van der Waals surface area contributed by atoms with Gasteiger partial charge >= 0.3 is 12.1 Å². The number of carbonyl (C=O) groups is 1. The Morgan fingerprint density at radius 1 is 1.41 bits per heavy atom. The number of carboxylic acid groups (broad SMARTS) is 1. The van der Waals surface area contributed by atoms with Gasteiger partial charge in [-0.2, -0.15) is 13.2 Å². The molecule has 0 aliphatic carbocycles. The first kappa shape index (κ1) is 13.5. The van der Waals surface area contributed by atoms with E-state index < -0.39 is 29.4 Å². The first-order chi connectivity index (χ1) is 7.71. The van der Waals surface area contributed by atoms with E-state index in [1.54, 1.807) is 0 Å². The van der Waals surface area contributed by atoms with Crippen LogP contribution < -0.4 is 0 Å². The average molecular weight is 250 g/mol. The van der Waals surface area contributed by atoms with Gasteiger partial charge in [0.05, 0.1) is 12.0 Å². The largest absolute Gasteiger partial charge is 0.481 e. The number of aliphatic carboxylic acids is 1. The third-order valence-electron chi connectivity index (χ3n) is 2.34. The van der Waals surface area contributed by atoms with E-state index in [1.165, 1.54) is 6.92 Å². The molecular weight excluding hydrogens is 240 g/mol. The van der Waals surface area contributed by atoms with Crippen molar-refractivity contribution in [2.75, 3.05) is 0 Å². The minimum absolute atomic E-state index is 0.0274. The molecule has 94 valence electrons. The van der Waals surface area contributed by atoms with Gasteiger partial charge in [-0.1, -0.05) is 13.0 Å². The van der Waals surface area contributed by atoms with Gasteiger partial charge in [0.15, 0.2) is 0 Å². The van der Waals surface area contributed by atoms with Gasteiger partial charge < -0.3 is 5.11 Å². The van der Waals surface area contributed by atoms with Crippen molar-refractivity contribution < 1.29 is 27.5 Å². The number of alkyl halides is 3. The van der Waals surface area contributed by atoms with Crippen LogP contribution in [0.2, 0.25) is 0 Å². The zero-order valence-electron chi connectivity index (χ0n) is 8.88. The van der Waals surface area contributed by atoms with Crippen molar-refractivity contribution in [1.29, 1.82) is 0 Å². The molecule has 0 heterocycles. The van der Waals surface area contributed by atoms with Gasteiger partial charge in [-0.3, -0.25) is 4.79 Å². The number of benzene rings is 1. The highest BCUT2D eigenvalue weighted by molar-refractivity contribution is 5.68. The van der Waals surface area contributed by atoms with Crippen molar-refractivity contribution >= 4 is 5.97 Å². The number of halogens is 4. The lowest BCUT2D eigenvalue weighted by Crippen LogP contribution is -2.09.